The van der Waals surface area contributed by atoms with Crippen LogP contribution in [0.25, 0.3) is 0 Å². The van der Waals surface area contributed by atoms with Crippen LogP contribution in [-0.4, -0.2) is 59.6 Å². The van der Waals surface area contributed by atoms with Crippen LogP contribution in [0.2, 0.25) is 0 Å². The maximum absolute atomic E-state index is 13.7. The summed E-state index contributed by atoms with van der Waals surface area (Å²) in [4.78, 5) is 42.6. The second kappa shape index (κ2) is 11.4. The minimum atomic E-state index is -0.896. The third-order valence-electron chi connectivity index (χ3n) is 10.5. The summed E-state index contributed by atoms with van der Waals surface area (Å²) in [6.45, 7) is 4.24. The minimum absolute atomic E-state index is 0.118. The molecule has 2 saturated carbocycles. The van der Waals surface area contributed by atoms with Crippen LogP contribution in [0.3, 0.4) is 0 Å². The first kappa shape index (κ1) is 28.8. The molecule has 2 bridgehead atoms. The van der Waals surface area contributed by atoms with Gasteiger partial charge < -0.3 is 14.7 Å². The SMILES string of the molecule is CC1=CC(=O)N(c2ccccc2C(=O)OC[C@@]23CCC[C@]4(CCCCC[C@@]42O)CN(CCCc2ccccc2)C3)C1=O. The lowest BCUT2D eigenvalue weighted by Crippen LogP contribution is -2.73. The van der Waals surface area contributed by atoms with Crippen LogP contribution in [-0.2, 0) is 20.7 Å². The van der Waals surface area contributed by atoms with Gasteiger partial charge >= 0.3 is 5.97 Å². The largest absolute Gasteiger partial charge is 0.461 e. The number of imide groups is 1. The standard InChI is InChI=1S/C35H42N2O5/c1-26-22-30(38)37(31(26)39)29-16-7-6-15-28(29)32(40)42-25-34-19-11-18-33(17-8-3-9-20-35(33,34)41)23-36(24-34)21-10-14-27-12-4-2-5-13-27/h2,4-7,12-13,15-16,22,41H,3,8-11,14,17-21,23-25H2,1H3/t33-,34+,35-/m1/s1. The lowest BCUT2D eigenvalue weighted by molar-refractivity contribution is -0.258. The summed E-state index contributed by atoms with van der Waals surface area (Å²) in [6, 6.07) is 17.2. The predicted molar refractivity (Wildman–Crippen MR) is 161 cm³/mol. The van der Waals surface area contributed by atoms with Gasteiger partial charge in [0.2, 0.25) is 0 Å². The molecule has 0 unspecified atom stereocenters. The predicted octanol–water partition coefficient (Wildman–Crippen LogP) is 5.46. The number of carbonyl (C=O) groups is 3. The Bertz CT molecular complexity index is 1390. The van der Waals surface area contributed by atoms with E-state index in [1.54, 1.807) is 31.2 Å². The Labute approximate surface area is 248 Å². The number of amides is 2. The van der Waals surface area contributed by atoms with E-state index >= 15 is 0 Å². The number of anilines is 1. The number of rotatable bonds is 8. The van der Waals surface area contributed by atoms with Gasteiger partial charge in [0, 0.05) is 35.6 Å². The number of ether oxygens (including phenoxy) is 1. The monoisotopic (exact) mass is 570 g/mol. The quantitative estimate of drug-likeness (QED) is 0.335. The van der Waals surface area contributed by atoms with E-state index in [1.165, 1.54) is 11.6 Å². The van der Waals surface area contributed by atoms with Gasteiger partial charge in [-0.05, 0) is 69.7 Å². The molecule has 6 rings (SSSR count). The lowest BCUT2D eigenvalue weighted by Gasteiger charge is -2.66. The van der Waals surface area contributed by atoms with E-state index in [-0.39, 0.29) is 23.3 Å². The third kappa shape index (κ3) is 4.90. The van der Waals surface area contributed by atoms with Crippen LogP contribution in [0, 0.1) is 10.8 Å². The number of likely N-dealkylation sites (tertiary alicyclic amines) is 1. The van der Waals surface area contributed by atoms with Crippen LogP contribution in [0.1, 0.15) is 80.6 Å². The number of para-hydroxylation sites is 1. The Balaban J connectivity index is 1.24. The molecule has 2 amide bonds. The average molecular weight is 571 g/mol. The smallest absolute Gasteiger partial charge is 0.340 e. The van der Waals surface area contributed by atoms with Gasteiger partial charge in [-0.2, -0.15) is 0 Å². The van der Waals surface area contributed by atoms with Gasteiger partial charge in [0.15, 0.2) is 0 Å². The molecule has 1 N–H and O–H groups in total. The van der Waals surface area contributed by atoms with Crippen molar-refractivity contribution in [2.75, 3.05) is 31.1 Å². The molecule has 1 saturated heterocycles. The second-order valence-electron chi connectivity index (χ2n) is 13.0. The first-order valence-electron chi connectivity index (χ1n) is 15.6. The molecule has 0 aromatic heterocycles. The normalized spacial score (nSPS) is 29.6. The van der Waals surface area contributed by atoms with E-state index in [2.05, 4.69) is 29.2 Å². The fourth-order valence-electron chi connectivity index (χ4n) is 8.52. The van der Waals surface area contributed by atoms with Crippen molar-refractivity contribution in [2.24, 2.45) is 10.8 Å². The zero-order chi connectivity index (χ0) is 29.4. The molecule has 4 aliphatic rings. The highest BCUT2D eigenvalue weighted by molar-refractivity contribution is 6.31. The van der Waals surface area contributed by atoms with Crippen LogP contribution in [0.15, 0.2) is 66.2 Å². The van der Waals surface area contributed by atoms with E-state index in [0.717, 1.165) is 82.2 Å². The number of benzene rings is 2. The molecule has 2 aromatic carbocycles. The molecule has 42 heavy (non-hydrogen) atoms. The number of aryl methyl sites for hydroxylation is 1. The van der Waals surface area contributed by atoms with E-state index < -0.39 is 28.8 Å². The van der Waals surface area contributed by atoms with Gasteiger partial charge in [-0.25, -0.2) is 9.69 Å². The molecule has 2 heterocycles. The fourth-order valence-corrected chi connectivity index (χ4v) is 8.52. The molecule has 0 radical (unpaired) electrons. The molecule has 2 aromatic rings. The summed E-state index contributed by atoms with van der Waals surface area (Å²) < 4.78 is 6.12. The van der Waals surface area contributed by atoms with E-state index in [9.17, 15) is 19.5 Å². The van der Waals surface area contributed by atoms with Crippen molar-refractivity contribution in [1.29, 1.82) is 0 Å². The highest BCUT2D eigenvalue weighted by atomic mass is 16.5. The van der Waals surface area contributed by atoms with Crippen LogP contribution < -0.4 is 4.90 Å². The molecule has 7 heteroatoms. The Morgan fingerprint density at radius 3 is 2.43 bits per heavy atom. The van der Waals surface area contributed by atoms with Gasteiger partial charge in [-0.3, -0.25) is 9.59 Å². The summed E-state index contributed by atoms with van der Waals surface area (Å²) in [5.41, 5.74) is 0.431. The Hall–Kier alpha value is -3.29. The molecule has 222 valence electrons. The zero-order valence-corrected chi connectivity index (χ0v) is 24.6. The van der Waals surface area contributed by atoms with Crippen LogP contribution in [0.4, 0.5) is 5.69 Å². The van der Waals surface area contributed by atoms with E-state index in [1.807, 2.05) is 6.07 Å². The number of nitrogens with zero attached hydrogens (tertiary/aromatic N) is 2. The second-order valence-corrected chi connectivity index (χ2v) is 13.0. The maximum atomic E-state index is 13.7. The summed E-state index contributed by atoms with van der Waals surface area (Å²) in [5.74, 6) is -1.46. The van der Waals surface area contributed by atoms with Crippen molar-refractivity contribution >= 4 is 23.5 Å². The molecule has 7 nitrogen and oxygen atoms in total. The highest BCUT2D eigenvalue weighted by Crippen LogP contribution is 2.63. The molecule has 3 fully saturated rings. The van der Waals surface area contributed by atoms with Gasteiger partial charge in [0.05, 0.1) is 16.9 Å². The number of carbonyl (C=O) groups excluding carboxylic acids is 3. The lowest BCUT2D eigenvalue weighted by atomic mass is 9.47. The van der Waals surface area contributed by atoms with Crippen LogP contribution >= 0.6 is 0 Å². The summed E-state index contributed by atoms with van der Waals surface area (Å²) in [5, 5.41) is 12.7. The molecule has 0 spiro atoms. The molecular formula is C35H42N2O5. The van der Waals surface area contributed by atoms with Gasteiger partial charge in [-0.15, -0.1) is 0 Å². The first-order valence-corrected chi connectivity index (χ1v) is 15.6. The number of aliphatic hydroxyl groups is 1. The number of esters is 1. The summed E-state index contributed by atoms with van der Waals surface area (Å²) >= 11 is 0. The van der Waals surface area contributed by atoms with Crippen LogP contribution in [0.5, 0.6) is 0 Å². The number of hydrogen-bond acceptors (Lipinski definition) is 6. The van der Waals surface area contributed by atoms with Crippen molar-refractivity contribution in [3.63, 3.8) is 0 Å². The van der Waals surface area contributed by atoms with Crippen molar-refractivity contribution < 1.29 is 24.2 Å². The van der Waals surface area contributed by atoms with E-state index in [4.69, 9.17) is 4.74 Å². The minimum Gasteiger partial charge on any atom is -0.461 e. The molecular weight excluding hydrogens is 528 g/mol. The number of hydrogen-bond donors (Lipinski definition) is 1. The van der Waals surface area contributed by atoms with Crippen molar-refractivity contribution in [1.82, 2.24) is 4.90 Å². The number of piperidine rings is 1. The maximum Gasteiger partial charge on any atom is 0.340 e. The molecule has 2 aliphatic carbocycles. The molecule has 3 atom stereocenters. The van der Waals surface area contributed by atoms with Gasteiger partial charge in [-0.1, -0.05) is 68.1 Å². The van der Waals surface area contributed by atoms with Gasteiger partial charge in [0.1, 0.15) is 6.61 Å². The highest BCUT2D eigenvalue weighted by Gasteiger charge is 2.67. The fraction of sp³-hybridized carbons (Fsp3) is 0.514. The van der Waals surface area contributed by atoms with Gasteiger partial charge in [0.25, 0.3) is 11.8 Å². The Kier molecular flexibility index (Phi) is 7.83. The topological polar surface area (TPSA) is 87.2 Å². The third-order valence-corrected chi connectivity index (χ3v) is 10.5. The van der Waals surface area contributed by atoms with E-state index in [0.29, 0.717) is 12.1 Å². The Morgan fingerprint density at radius 2 is 1.64 bits per heavy atom. The van der Waals surface area contributed by atoms with Crippen molar-refractivity contribution in [3.8, 4) is 0 Å². The van der Waals surface area contributed by atoms with Crippen molar-refractivity contribution in [2.45, 2.75) is 76.7 Å². The first-order chi connectivity index (χ1) is 20.3. The average Bonchev–Trinajstić information content (AvgIpc) is 3.11. The zero-order valence-electron chi connectivity index (χ0n) is 24.6. The summed E-state index contributed by atoms with van der Waals surface area (Å²) in [7, 11) is 0. The molecule has 2 aliphatic heterocycles. The van der Waals surface area contributed by atoms with Crippen molar-refractivity contribution in [3.05, 3.63) is 77.4 Å². The summed E-state index contributed by atoms with van der Waals surface area (Å²) in [6.07, 6.45) is 11.1. The Morgan fingerprint density at radius 1 is 0.905 bits per heavy atom.